The summed E-state index contributed by atoms with van der Waals surface area (Å²) < 4.78 is 12.5. The van der Waals surface area contributed by atoms with E-state index in [0.29, 0.717) is 12.2 Å². The molecule has 25 heavy (non-hydrogen) atoms. The van der Waals surface area contributed by atoms with Gasteiger partial charge in [0, 0.05) is 0 Å². The molecule has 0 amide bonds. The second-order valence-electron chi connectivity index (χ2n) is 10.3. The summed E-state index contributed by atoms with van der Waals surface area (Å²) in [6, 6.07) is 2.58. The normalized spacial score (nSPS) is 36.1. The first-order valence-electron chi connectivity index (χ1n) is 10.8. The van der Waals surface area contributed by atoms with Crippen LogP contribution >= 0.6 is 0 Å². The van der Waals surface area contributed by atoms with Gasteiger partial charge < -0.3 is 14.0 Å². The number of aliphatic hydroxyl groups is 1. The SMILES string of the molecule is C[Si](C)(CCC1CCC2OC2C1)O[Si](C)(C)CCC1CCC[C@@H](O)C1. The van der Waals surface area contributed by atoms with Crippen LogP contribution in [-0.2, 0) is 8.85 Å². The molecule has 5 atom stereocenters. The lowest BCUT2D eigenvalue weighted by Gasteiger charge is -2.36. The van der Waals surface area contributed by atoms with Gasteiger partial charge in [0.15, 0.2) is 16.6 Å². The fourth-order valence-corrected chi connectivity index (χ4v) is 14.2. The topological polar surface area (TPSA) is 42.0 Å². The van der Waals surface area contributed by atoms with Crippen LogP contribution in [0.25, 0.3) is 0 Å². The van der Waals surface area contributed by atoms with E-state index in [4.69, 9.17) is 8.85 Å². The Hall–Kier alpha value is 0.314. The monoisotopic (exact) mass is 384 g/mol. The van der Waals surface area contributed by atoms with Gasteiger partial charge in [-0.15, -0.1) is 0 Å². The Morgan fingerprint density at radius 2 is 1.48 bits per heavy atom. The van der Waals surface area contributed by atoms with E-state index in [9.17, 15) is 5.11 Å². The molecule has 3 nitrogen and oxygen atoms in total. The maximum absolute atomic E-state index is 9.89. The molecule has 146 valence electrons. The van der Waals surface area contributed by atoms with E-state index < -0.39 is 16.6 Å². The molecule has 2 aliphatic carbocycles. The van der Waals surface area contributed by atoms with E-state index in [0.717, 1.165) is 24.7 Å². The van der Waals surface area contributed by atoms with Crippen LogP contribution in [0.4, 0.5) is 0 Å². The molecule has 0 aromatic heterocycles. The van der Waals surface area contributed by atoms with Crippen LogP contribution in [0.15, 0.2) is 0 Å². The van der Waals surface area contributed by atoms with E-state index in [1.807, 2.05) is 0 Å². The molecule has 1 heterocycles. The van der Waals surface area contributed by atoms with E-state index in [1.165, 1.54) is 57.0 Å². The summed E-state index contributed by atoms with van der Waals surface area (Å²) in [7, 11) is -3.14. The fraction of sp³-hybridized carbons (Fsp3) is 1.00. The largest absolute Gasteiger partial charge is 0.455 e. The van der Waals surface area contributed by atoms with E-state index in [2.05, 4.69) is 26.2 Å². The summed E-state index contributed by atoms with van der Waals surface area (Å²) in [5.74, 6) is 1.62. The molecule has 3 rings (SSSR count). The van der Waals surface area contributed by atoms with Crippen molar-refractivity contribution >= 4 is 16.6 Å². The zero-order chi connectivity index (χ0) is 18.1. The number of hydrogen-bond acceptors (Lipinski definition) is 3. The number of epoxide rings is 1. The lowest BCUT2D eigenvalue weighted by Crippen LogP contribution is -2.44. The Balaban J connectivity index is 1.38. The van der Waals surface area contributed by atoms with Crippen molar-refractivity contribution in [3.8, 4) is 0 Å². The highest BCUT2D eigenvalue weighted by molar-refractivity contribution is 6.84. The van der Waals surface area contributed by atoms with Crippen LogP contribution in [0.2, 0.25) is 38.3 Å². The van der Waals surface area contributed by atoms with Crippen LogP contribution in [0.5, 0.6) is 0 Å². The molecule has 1 saturated heterocycles. The standard InChI is InChI=1S/C20H40O3Si2/c1-24(2,12-10-16-6-5-7-18(21)14-16)23-25(3,4)13-11-17-8-9-19-20(15-17)22-19/h16-21H,5-15H2,1-4H3/t16?,17?,18-,19?,20?/m1/s1. The highest BCUT2D eigenvalue weighted by Crippen LogP contribution is 2.42. The number of rotatable bonds is 8. The van der Waals surface area contributed by atoms with Crippen molar-refractivity contribution in [2.24, 2.45) is 11.8 Å². The maximum atomic E-state index is 9.89. The van der Waals surface area contributed by atoms with Gasteiger partial charge in [-0.3, -0.25) is 0 Å². The third-order valence-corrected chi connectivity index (χ3v) is 14.1. The lowest BCUT2D eigenvalue weighted by molar-refractivity contribution is 0.0995. The summed E-state index contributed by atoms with van der Waals surface area (Å²) in [5.41, 5.74) is 0. The first-order chi connectivity index (χ1) is 11.7. The van der Waals surface area contributed by atoms with Gasteiger partial charge in [-0.05, 0) is 82.2 Å². The predicted octanol–water partition coefficient (Wildman–Crippen LogP) is 5.31. The number of ether oxygens (including phenoxy) is 1. The molecule has 1 N–H and O–H groups in total. The Morgan fingerprint density at radius 1 is 0.840 bits per heavy atom. The minimum absolute atomic E-state index is 0.0409. The molecule has 1 aliphatic heterocycles. The Labute approximate surface area is 157 Å². The van der Waals surface area contributed by atoms with E-state index in [-0.39, 0.29) is 6.10 Å². The van der Waals surface area contributed by atoms with Crippen molar-refractivity contribution in [1.82, 2.24) is 0 Å². The summed E-state index contributed by atoms with van der Waals surface area (Å²) in [6.07, 6.45) is 12.4. The third-order valence-electron chi connectivity index (χ3n) is 6.73. The number of fused-ring (bicyclic) bond motifs is 1. The van der Waals surface area contributed by atoms with Gasteiger partial charge in [0.2, 0.25) is 0 Å². The molecule has 4 unspecified atom stereocenters. The van der Waals surface area contributed by atoms with Crippen LogP contribution in [0.1, 0.15) is 57.8 Å². The maximum Gasteiger partial charge on any atom is 0.173 e. The zero-order valence-corrected chi connectivity index (χ0v) is 18.9. The molecule has 0 bridgehead atoms. The molecule has 0 aromatic carbocycles. The molecular weight excluding hydrogens is 344 g/mol. The minimum Gasteiger partial charge on any atom is -0.455 e. The molecular formula is C20H40O3Si2. The van der Waals surface area contributed by atoms with Crippen LogP contribution in [-0.4, -0.2) is 40.1 Å². The second kappa shape index (κ2) is 8.13. The third kappa shape index (κ3) is 6.45. The first-order valence-corrected chi connectivity index (χ1v) is 17.0. The fourth-order valence-electron chi connectivity index (χ4n) is 5.23. The van der Waals surface area contributed by atoms with Gasteiger partial charge in [0.25, 0.3) is 0 Å². The van der Waals surface area contributed by atoms with Crippen molar-refractivity contribution in [2.45, 2.75) is 114 Å². The highest BCUT2D eigenvalue weighted by Gasteiger charge is 2.44. The smallest absolute Gasteiger partial charge is 0.173 e. The van der Waals surface area contributed by atoms with E-state index in [1.54, 1.807) is 0 Å². The zero-order valence-electron chi connectivity index (χ0n) is 16.9. The van der Waals surface area contributed by atoms with Gasteiger partial charge in [-0.25, -0.2) is 0 Å². The van der Waals surface area contributed by atoms with Crippen LogP contribution < -0.4 is 0 Å². The molecule has 3 fully saturated rings. The van der Waals surface area contributed by atoms with Gasteiger partial charge in [0.1, 0.15) is 0 Å². The minimum atomic E-state index is -1.58. The van der Waals surface area contributed by atoms with Gasteiger partial charge in [-0.2, -0.15) is 0 Å². The molecule has 0 radical (unpaired) electrons. The van der Waals surface area contributed by atoms with Crippen molar-refractivity contribution < 1.29 is 14.0 Å². The molecule has 5 heteroatoms. The average Bonchev–Trinajstić information content (AvgIpc) is 3.29. The average molecular weight is 385 g/mol. The molecule has 0 spiro atoms. The van der Waals surface area contributed by atoms with Gasteiger partial charge in [-0.1, -0.05) is 25.7 Å². The number of aliphatic hydroxyl groups excluding tert-OH is 1. The lowest BCUT2D eigenvalue weighted by atomic mass is 9.86. The first kappa shape index (κ1) is 20.1. The molecule has 2 saturated carbocycles. The number of hydrogen-bond donors (Lipinski definition) is 1. The second-order valence-corrected chi connectivity index (χ2v) is 19.1. The van der Waals surface area contributed by atoms with Crippen LogP contribution in [0, 0.1) is 11.8 Å². The van der Waals surface area contributed by atoms with Gasteiger partial charge in [0.05, 0.1) is 18.3 Å². The summed E-state index contributed by atoms with van der Waals surface area (Å²) in [5, 5.41) is 9.89. The predicted molar refractivity (Wildman–Crippen MR) is 109 cm³/mol. The highest BCUT2D eigenvalue weighted by atomic mass is 28.4. The quantitative estimate of drug-likeness (QED) is 0.455. The Kier molecular flexibility index (Phi) is 6.52. The van der Waals surface area contributed by atoms with Crippen molar-refractivity contribution in [3.05, 3.63) is 0 Å². The van der Waals surface area contributed by atoms with Crippen molar-refractivity contribution in [3.63, 3.8) is 0 Å². The summed E-state index contributed by atoms with van der Waals surface area (Å²) in [4.78, 5) is 0. The van der Waals surface area contributed by atoms with Gasteiger partial charge >= 0.3 is 0 Å². The Bertz CT molecular complexity index is 421. The van der Waals surface area contributed by atoms with Crippen molar-refractivity contribution in [1.29, 1.82) is 0 Å². The summed E-state index contributed by atoms with van der Waals surface area (Å²) >= 11 is 0. The van der Waals surface area contributed by atoms with Crippen molar-refractivity contribution in [2.75, 3.05) is 0 Å². The summed E-state index contributed by atoms with van der Waals surface area (Å²) in [6.45, 7) is 9.71. The molecule has 0 aromatic rings. The van der Waals surface area contributed by atoms with Crippen LogP contribution in [0.3, 0.4) is 0 Å². The Morgan fingerprint density at radius 3 is 2.08 bits per heavy atom. The molecule has 3 aliphatic rings. The van der Waals surface area contributed by atoms with E-state index >= 15 is 0 Å².